The Balaban J connectivity index is 2.77. The molecular weight excluding hydrogens is 268 g/mol. The molecule has 0 saturated heterocycles. The summed E-state index contributed by atoms with van der Waals surface area (Å²) in [6.07, 6.45) is -2.59. The van der Waals surface area contributed by atoms with E-state index in [9.17, 15) is 8.78 Å². The van der Waals surface area contributed by atoms with Gasteiger partial charge in [-0.2, -0.15) is 5.26 Å². The first-order chi connectivity index (χ1) is 7.11. The van der Waals surface area contributed by atoms with E-state index in [0.717, 1.165) is 6.07 Å². The van der Waals surface area contributed by atoms with Gasteiger partial charge in [-0.3, -0.25) is 0 Å². The maximum atomic E-state index is 12.5. The summed E-state index contributed by atoms with van der Waals surface area (Å²) in [7, 11) is 0. The Labute approximate surface area is 91.9 Å². The summed E-state index contributed by atoms with van der Waals surface area (Å²) in [5, 5.41) is 8.79. The fourth-order valence-corrected chi connectivity index (χ4v) is 1.71. The van der Waals surface area contributed by atoms with Crippen LogP contribution >= 0.6 is 15.9 Å². The van der Waals surface area contributed by atoms with E-state index in [1.807, 2.05) is 6.07 Å². The van der Waals surface area contributed by atoms with Gasteiger partial charge in [0.05, 0.1) is 11.1 Å². The molecule has 0 unspecified atom stereocenters. The van der Waals surface area contributed by atoms with Crippen LogP contribution in [0.2, 0.25) is 0 Å². The van der Waals surface area contributed by atoms with E-state index < -0.39 is 6.43 Å². The smallest absolute Gasteiger partial charge is 0.263 e. The van der Waals surface area contributed by atoms with Crippen molar-refractivity contribution in [3.05, 3.63) is 28.0 Å². The summed E-state index contributed by atoms with van der Waals surface area (Å²) in [6, 6.07) is 4.29. The van der Waals surface area contributed by atoms with Crippen molar-refractivity contribution < 1.29 is 8.78 Å². The van der Waals surface area contributed by atoms with Crippen LogP contribution < -0.4 is 0 Å². The van der Waals surface area contributed by atoms with Crippen LogP contribution in [0.4, 0.5) is 8.78 Å². The summed E-state index contributed by atoms with van der Waals surface area (Å²) in [5.74, 6) is 0. The molecule has 0 amide bonds. The predicted octanol–water partition coefficient (Wildman–Crippen LogP) is 3.13. The Morgan fingerprint density at radius 2 is 2.20 bits per heavy atom. The van der Waals surface area contributed by atoms with Crippen LogP contribution in [0, 0.1) is 11.3 Å². The van der Waals surface area contributed by atoms with Crippen LogP contribution in [0.3, 0.4) is 0 Å². The Morgan fingerprint density at radius 3 is 2.80 bits per heavy atom. The fraction of sp³-hybridized carbons (Fsp3) is 0.111. The number of hydrogen-bond donors (Lipinski definition) is 1. The Morgan fingerprint density at radius 1 is 1.47 bits per heavy atom. The number of rotatable bonds is 1. The maximum Gasteiger partial charge on any atom is 0.263 e. The van der Waals surface area contributed by atoms with Gasteiger partial charge in [-0.25, -0.2) is 13.8 Å². The number of halogens is 3. The van der Waals surface area contributed by atoms with Crippen LogP contribution in [0.5, 0.6) is 0 Å². The quantitative estimate of drug-likeness (QED) is 0.866. The zero-order chi connectivity index (χ0) is 11.0. The summed E-state index contributed by atoms with van der Waals surface area (Å²) in [5.41, 5.74) is 0.782. The summed E-state index contributed by atoms with van der Waals surface area (Å²) in [6.45, 7) is 0. The van der Waals surface area contributed by atoms with Crippen LogP contribution in [0.15, 0.2) is 16.9 Å². The van der Waals surface area contributed by atoms with Crippen LogP contribution in [-0.4, -0.2) is 9.97 Å². The first-order valence-electron chi connectivity index (χ1n) is 3.99. The topological polar surface area (TPSA) is 52.5 Å². The van der Waals surface area contributed by atoms with Gasteiger partial charge in [0.2, 0.25) is 0 Å². The monoisotopic (exact) mass is 271 g/mol. The van der Waals surface area contributed by atoms with Crippen molar-refractivity contribution >= 4 is 27.0 Å². The lowest BCUT2D eigenvalue weighted by atomic mass is 10.1. The molecule has 0 bridgehead atoms. The van der Waals surface area contributed by atoms with Gasteiger partial charge in [0.15, 0.2) is 4.73 Å². The normalized spacial score (nSPS) is 10.9. The average molecular weight is 272 g/mol. The maximum absolute atomic E-state index is 12.5. The number of hydrogen-bond acceptors (Lipinski definition) is 2. The first-order valence-corrected chi connectivity index (χ1v) is 4.78. The number of nitrogens with zero attached hydrogens (tertiary/aromatic N) is 2. The van der Waals surface area contributed by atoms with Crippen LogP contribution in [-0.2, 0) is 0 Å². The SMILES string of the molecule is N#Cc1cc(C(F)F)cc2[nH]c(Br)nc12. The van der Waals surface area contributed by atoms with E-state index >= 15 is 0 Å². The number of imidazole rings is 1. The lowest BCUT2D eigenvalue weighted by Gasteiger charge is -1.99. The van der Waals surface area contributed by atoms with E-state index in [2.05, 4.69) is 25.9 Å². The predicted molar refractivity (Wildman–Crippen MR) is 53.5 cm³/mol. The highest BCUT2D eigenvalue weighted by Crippen LogP contribution is 2.26. The molecule has 3 nitrogen and oxygen atoms in total. The van der Waals surface area contributed by atoms with E-state index in [4.69, 9.17) is 5.26 Å². The lowest BCUT2D eigenvalue weighted by molar-refractivity contribution is 0.151. The molecule has 0 spiro atoms. The largest absolute Gasteiger partial charge is 0.332 e. The van der Waals surface area contributed by atoms with Crippen LogP contribution in [0.1, 0.15) is 17.6 Å². The number of nitrogens with one attached hydrogen (secondary N) is 1. The van der Waals surface area contributed by atoms with Gasteiger partial charge < -0.3 is 4.98 Å². The van der Waals surface area contributed by atoms with Gasteiger partial charge in [-0.05, 0) is 28.1 Å². The van der Waals surface area contributed by atoms with Gasteiger partial charge in [-0.1, -0.05) is 0 Å². The molecule has 1 heterocycles. The van der Waals surface area contributed by atoms with Gasteiger partial charge in [-0.15, -0.1) is 0 Å². The molecule has 15 heavy (non-hydrogen) atoms. The van der Waals surface area contributed by atoms with Crippen molar-refractivity contribution in [2.45, 2.75) is 6.43 Å². The lowest BCUT2D eigenvalue weighted by Crippen LogP contribution is -1.87. The minimum atomic E-state index is -2.59. The van der Waals surface area contributed by atoms with E-state index in [1.54, 1.807) is 0 Å². The Hall–Kier alpha value is -1.48. The van der Waals surface area contributed by atoms with Gasteiger partial charge >= 0.3 is 0 Å². The third-order valence-electron chi connectivity index (χ3n) is 1.95. The molecule has 0 aliphatic heterocycles. The average Bonchev–Trinajstić information content (AvgIpc) is 2.56. The van der Waals surface area contributed by atoms with Gasteiger partial charge in [0.25, 0.3) is 6.43 Å². The van der Waals surface area contributed by atoms with Crippen molar-refractivity contribution in [3.63, 3.8) is 0 Å². The van der Waals surface area contributed by atoms with E-state index in [1.165, 1.54) is 6.07 Å². The number of benzene rings is 1. The third-order valence-corrected chi connectivity index (χ3v) is 2.33. The number of alkyl halides is 2. The van der Waals surface area contributed by atoms with E-state index in [0.29, 0.717) is 15.8 Å². The van der Waals surface area contributed by atoms with Crippen molar-refractivity contribution in [1.82, 2.24) is 9.97 Å². The first kappa shape index (κ1) is 10.1. The number of fused-ring (bicyclic) bond motifs is 1. The molecule has 0 aliphatic rings. The number of aromatic amines is 1. The van der Waals surface area contributed by atoms with Crippen LogP contribution in [0.25, 0.3) is 11.0 Å². The molecule has 0 radical (unpaired) electrons. The second kappa shape index (κ2) is 3.59. The molecule has 2 rings (SSSR count). The molecule has 2 aromatic rings. The molecule has 1 aromatic heterocycles. The number of nitriles is 1. The second-order valence-electron chi connectivity index (χ2n) is 2.90. The highest BCUT2D eigenvalue weighted by atomic mass is 79.9. The minimum absolute atomic E-state index is 0.143. The molecule has 0 aliphatic carbocycles. The molecule has 0 fully saturated rings. The van der Waals surface area contributed by atoms with Crippen molar-refractivity contribution in [1.29, 1.82) is 5.26 Å². The standard InChI is InChI=1S/C9H4BrF2N3/c10-9-14-6-2-4(8(11)12)1-5(3-13)7(6)15-9/h1-2,8H,(H,14,15). The summed E-state index contributed by atoms with van der Waals surface area (Å²) < 4.78 is 25.3. The van der Waals surface area contributed by atoms with Crippen molar-refractivity contribution in [3.8, 4) is 6.07 Å². The van der Waals surface area contributed by atoms with Gasteiger partial charge in [0, 0.05) is 5.56 Å². The fourth-order valence-electron chi connectivity index (χ4n) is 1.32. The Kier molecular flexibility index (Phi) is 2.40. The summed E-state index contributed by atoms with van der Waals surface area (Å²) >= 11 is 3.09. The number of aromatic nitrogens is 2. The van der Waals surface area contributed by atoms with Crippen molar-refractivity contribution in [2.75, 3.05) is 0 Å². The molecule has 1 N–H and O–H groups in total. The summed E-state index contributed by atoms with van der Waals surface area (Å²) in [4.78, 5) is 6.73. The molecule has 0 atom stereocenters. The zero-order valence-corrected chi connectivity index (χ0v) is 8.85. The third kappa shape index (κ3) is 1.70. The molecule has 1 aromatic carbocycles. The second-order valence-corrected chi connectivity index (χ2v) is 3.66. The van der Waals surface area contributed by atoms with Gasteiger partial charge in [0.1, 0.15) is 11.6 Å². The zero-order valence-electron chi connectivity index (χ0n) is 7.26. The molecular formula is C9H4BrF2N3. The highest BCUT2D eigenvalue weighted by molar-refractivity contribution is 9.10. The minimum Gasteiger partial charge on any atom is -0.332 e. The molecule has 0 saturated carbocycles. The Bertz CT molecular complexity index is 556. The number of H-pyrrole nitrogens is 1. The highest BCUT2D eigenvalue weighted by Gasteiger charge is 2.13. The van der Waals surface area contributed by atoms with Crippen molar-refractivity contribution in [2.24, 2.45) is 0 Å². The molecule has 6 heteroatoms. The van der Waals surface area contributed by atoms with E-state index in [-0.39, 0.29) is 11.1 Å². The molecule has 76 valence electrons.